The van der Waals surface area contributed by atoms with E-state index in [2.05, 4.69) is 15.2 Å². The fourth-order valence-electron chi connectivity index (χ4n) is 2.16. The summed E-state index contributed by atoms with van der Waals surface area (Å²) in [6, 6.07) is 12.2. The van der Waals surface area contributed by atoms with Gasteiger partial charge >= 0.3 is 0 Å². The molecule has 0 atom stereocenters. The van der Waals surface area contributed by atoms with Gasteiger partial charge in [0.05, 0.1) is 7.11 Å². The number of ether oxygens (including phenoxy) is 1. The molecule has 0 radical (unpaired) electrons. The quantitative estimate of drug-likeness (QED) is 0.776. The van der Waals surface area contributed by atoms with E-state index in [-0.39, 0.29) is 12.4 Å². The molecule has 0 saturated carbocycles. The summed E-state index contributed by atoms with van der Waals surface area (Å²) in [6.07, 6.45) is 0. The maximum absolute atomic E-state index is 13.5. The molecule has 0 bridgehead atoms. The highest BCUT2D eigenvalue weighted by Crippen LogP contribution is 2.24. The normalized spacial score (nSPS) is 10.7. The molecule has 0 spiro atoms. The van der Waals surface area contributed by atoms with Crippen molar-refractivity contribution in [3.05, 3.63) is 53.8 Å². The molecule has 3 rings (SSSR count). The zero-order chi connectivity index (χ0) is 15.5. The minimum atomic E-state index is -0.321. The number of benzene rings is 2. The molecule has 0 amide bonds. The van der Waals surface area contributed by atoms with Gasteiger partial charge in [0.2, 0.25) is 0 Å². The van der Waals surface area contributed by atoms with Crippen LogP contribution in [-0.4, -0.2) is 22.3 Å². The number of halogens is 1. The molecule has 22 heavy (non-hydrogen) atoms. The lowest BCUT2D eigenvalue weighted by Crippen LogP contribution is -2.00. The number of methoxy groups -OCH3 is 1. The van der Waals surface area contributed by atoms with Gasteiger partial charge in [-0.2, -0.15) is 5.10 Å². The summed E-state index contributed by atoms with van der Waals surface area (Å²) >= 11 is 0. The van der Waals surface area contributed by atoms with Crippen molar-refractivity contribution in [1.82, 2.24) is 15.2 Å². The predicted molar refractivity (Wildman–Crippen MR) is 81.7 cm³/mol. The zero-order valence-electron chi connectivity index (χ0n) is 12.0. The molecule has 2 aromatic carbocycles. The Hall–Kier alpha value is -2.73. The lowest BCUT2D eigenvalue weighted by molar-refractivity contribution is 0.415. The summed E-state index contributed by atoms with van der Waals surface area (Å²) in [5.74, 6) is 1.52. The summed E-state index contributed by atoms with van der Waals surface area (Å²) in [7, 11) is 1.61. The lowest BCUT2D eigenvalue weighted by atomic mass is 10.1. The number of nitrogens with one attached hydrogen (secondary N) is 1. The standard InChI is InChI=1S/C16H15FN4O/c1-22-13-4-2-3-10(8-13)15-19-16(21-20-15)11-5-6-14(17)12(7-11)9-18/h2-8H,9,18H2,1H3,(H,19,20,21). The smallest absolute Gasteiger partial charge is 0.181 e. The van der Waals surface area contributed by atoms with Crippen LogP contribution in [0.3, 0.4) is 0 Å². The molecule has 0 aliphatic carbocycles. The zero-order valence-corrected chi connectivity index (χ0v) is 12.0. The van der Waals surface area contributed by atoms with Crippen LogP contribution in [0.4, 0.5) is 4.39 Å². The van der Waals surface area contributed by atoms with Crippen molar-refractivity contribution in [3.8, 4) is 28.5 Å². The van der Waals surface area contributed by atoms with Crippen LogP contribution in [0, 0.1) is 5.82 Å². The molecular weight excluding hydrogens is 283 g/mol. The van der Waals surface area contributed by atoms with E-state index in [1.165, 1.54) is 6.07 Å². The summed E-state index contributed by atoms with van der Waals surface area (Å²) in [5, 5.41) is 7.06. The van der Waals surface area contributed by atoms with Crippen LogP contribution in [0.15, 0.2) is 42.5 Å². The molecule has 0 unspecified atom stereocenters. The van der Waals surface area contributed by atoms with Crippen LogP contribution in [0.2, 0.25) is 0 Å². The number of rotatable bonds is 4. The Morgan fingerprint density at radius 2 is 2.05 bits per heavy atom. The van der Waals surface area contributed by atoms with Crippen molar-refractivity contribution in [1.29, 1.82) is 0 Å². The molecule has 1 aromatic heterocycles. The molecule has 1 heterocycles. The Morgan fingerprint density at radius 3 is 2.82 bits per heavy atom. The molecule has 0 aliphatic rings. The minimum absolute atomic E-state index is 0.135. The van der Waals surface area contributed by atoms with Crippen molar-refractivity contribution in [2.24, 2.45) is 5.73 Å². The van der Waals surface area contributed by atoms with Gasteiger partial charge in [-0.15, -0.1) is 0 Å². The highest BCUT2D eigenvalue weighted by molar-refractivity contribution is 5.62. The number of aromatic amines is 1. The van der Waals surface area contributed by atoms with Crippen LogP contribution in [0.25, 0.3) is 22.8 Å². The third-order valence-corrected chi connectivity index (χ3v) is 3.35. The van der Waals surface area contributed by atoms with Crippen LogP contribution < -0.4 is 10.5 Å². The average Bonchev–Trinajstić information content (AvgIpc) is 3.05. The van der Waals surface area contributed by atoms with Crippen molar-refractivity contribution in [2.45, 2.75) is 6.54 Å². The monoisotopic (exact) mass is 298 g/mol. The summed E-state index contributed by atoms with van der Waals surface area (Å²) in [6.45, 7) is 0.135. The van der Waals surface area contributed by atoms with Crippen molar-refractivity contribution >= 4 is 0 Å². The predicted octanol–water partition coefficient (Wildman–Crippen LogP) is 2.75. The molecule has 0 saturated heterocycles. The van der Waals surface area contributed by atoms with Crippen molar-refractivity contribution in [3.63, 3.8) is 0 Å². The van der Waals surface area contributed by atoms with Crippen LogP contribution in [0.5, 0.6) is 5.75 Å². The fraction of sp³-hybridized carbons (Fsp3) is 0.125. The maximum atomic E-state index is 13.5. The van der Waals surface area contributed by atoms with E-state index >= 15 is 0 Å². The number of nitrogens with zero attached hydrogens (tertiary/aromatic N) is 2. The largest absolute Gasteiger partial charge is 0.497 e. The highest BCUT2D eigenvalue weighted by Gasteiger charge is 2.10. The second kappa shape index (κ2) is 5.95. The van der Waals surface area contributed by atoms with Gasteiger partial charge in [-0.25, -0.2) is 9.37 Å². The molecular formula is C16H15FN4O. The van der Waals surface area contributed by atoms with Gasteiger partial charge in [0.15, 0.2) is 11.6 Å². The Bertz CT molecular complexity index is 800. The highest BCUT2D eigenvalue weighted by atomic mass is 19.1. The van der Waals surface area contributed by atoms with Gasteiger partial charge < -0.3 is 10.5 Å². The van der Waals surface area contributed by atoms with Gasteiger partial charge in [0.1, 0.15) is 11.6 Å². The van der Waals surface area contributed by atoms with E-state index in [0.717, 1.165) is 16.9 Å². The van der Waals surface area contributed by atoms with E-state index in [0.29, 0.717) is 17.2 Å². The van der Waals surface area contributed by atoms with Crippen LogP contribution in [0.1, 0.15) is 5.56 Å². The van der Waals surface area contributed by atoms with E-state index in [1.807, 2.05) is 24.3 Å². The topological polar surface area (TPSA) is 76.8 Å². The Kier molecular flexibility index (Phi) is 3.84. The van der Waals surface area contributed by atoms with Gasteiger partial charge in [-0.3, -0.25) is 5.10 Å². The number of H-pyrrole nitrogens is 1. The molecule has 5 nitrogen and oxygen atoms in total. The van der Waals surface area contributed by atoms with Crippen molar-refractivity contribution < 1.29 is 9.13 Å². The molecule has 112 valence electrons. The minimum Gasteiger partial charge on any atom is -0.497 e. The Morgan fingerprint density at radius 1 is 1.18 bits per heavy atom. The molecule has 6 heteroatoms. The van der Waals surface area contributed by atoms with Gasteiger partial charge in [0.25, 0.3) is 0 Å². The van der Waals surface area contributed by atoms with Crippen molar-refractivity contribution in [2.75, 3.05) is 7.11 Å². The summed E-state index contributed by atoms with van der Waals surface area (Å²) < 4.78 is 18.7. The van der Waals surface area contributed by atoms with E-state index < -0.39 is 0 Å². The number of nitrogens with two attached hydrogens (primary N) is 1. The molecule has 0 fully saturated rings. The van der Waals surface area contributed by atoms with Gasteiger partial charge in [-0.05, 0) is 30.3 Å². The Balaban J connectivity index is 1.96. The van der Waals surface area contributed by atoms with Gasteiger partial charge in [0, 0.05) is 23.2 Å². The first-order valence-corrected chi connectivity index (χ1v) is 6.77. The first-order chi connectivity index (χ1) is 10.7. The van der Waals surface area contributed by atoms with E-state index in [9.17, 15) is 4.39 Å². The van der Waals surface area contributed by atoms with Crippen LogP contribution >= 0.6 is 0 Å². The number of aromatic nitrogens is 3. The number of hydrogen-bond donors (Lipinski definition) is 2. The SMILES string of the molecule is COc1cccc(-c2n[nH]c(-c3ccc(F)c(CN)c3)n2)c1. The molecule has 0 aliphatic heterocycles. The summed E-state index contributed by atoms with van der Waals surface area (Å²) in [4.78, 5) is 4.45. The second-order valence-electron chi connectivity index (χ2n) is 4.75. The summed E-state index contributed by atoms with van der Waals surface area (Å²) in [5.41, 5.74) is 7.54. The maximum Gasteiger partial charge on any atom is 0.181 e. The second-order valence-corrected chi connectivity index (χ2v) is 4.75. The van der Waals surface area contributed by atoms with E-state index in [1.54, 1.807) is 19.2 Å². The van der Waals surface area contributed by atoms with Gasteiger partial charge in [-0.1, -0.05) is 12.1 Å². The number of hydrogen-bond acceptors (Lipinski definition) is 4. The average molecular weight is 298 g/mol. The van der Waals surface area contributed by atoms with Crippen LogP contribution in [-0.2, 0) is 6.54 Å². The molecule has 3 aromatic rings. The Labute approximate surface area is 127 Å². The van der Waals surface area contributed by atoms with E-state index in [4.69, 9.17) is 10.5 Å². The molecule has 3 N–H and O–H groups in total. The fourth-order valence-corrected chi connectivity index (χ4v) is 2.16. The third kappa shape index (κ3) is 2.68. The lowest BCUT2D eigenvalue weighted by Gasteiger charge is -2.02. The first-order valence-electron chi connectivity index (χ1n) is 6.77. The third-order valence-electron chi connectivity index (χ3n) is 3.35. The first kappa shape index (κ1) is 14.2.